The lowest BCUT2D eigenvalue weighted by atomic mass is 9.98. The van der Waals surface area contributed by atoms with Gasteiger partial charge < -0.3 is 19.1 Å². The highest BCUT2D eigenvalue weighted by Gasteiger charge is 2.22. The molecular formula is C18H17NO4. The summed E-state index contributed by atoms with van der Waals surface area (Å²) in [6.07, 6.45) is 0. The fraction of sp³-hybridized carbons (Fsp3) is 0.167. The van der Waals surface area contributed by atoms with Gasteiger partial charge in [-0.25, -0.2) is 0 Å². The van der Waals surface area contributed by atoms with Gasteiger partial charge in [-0.2, -0.15) is 0 Å². The van der Waals surface area contributed by atoms with Gasteiger partial charge in [0.2, 0.25) is 0 Å². The number of aromatic nitrogens is 1. The van der Waals surface area contributed by atoms with E-state index in [1.807, 2.05) is 31.2 Å². The van der Waals surface area contributed by atoms with Crippen LogP contribution in [-0.2, 0) is 0 Å². The molecule has 0 fully saturated rings. The maximum absolute atomic E-state index is 10.3. The highest BCUT2D eigenvalue weighted by molar-refractivity contribution is 5.86. The standard InChI is InChI=1S/C18H17NO4/c1-11-17(14-6-4-5-7-16(14)22-3)18(23-19-11)13-9-8-12(21-2)10-15(13)20/h4-10,20H,1-3H3. The second-order valence-corrected chi connectivity index (χ2v) is 5.06. The number of phenols is 1. The molecule has 118 valence electrons. The molecule has 3 rings (SSSR count). The number of nitrogens with zero attached hydrogens (tertiary/aromatic N) is 1. The smallest absolute Gasteiger partial charge is 0.178 e. The molecule has 0 amide bonds. The van der Waals surface area contributed by atoms with Gasteiger partial charge in [-0.3, -0.25) is 0 Å². The lowest BCUT2D eigenvalue weighted by Gasteiger charge is -2.10. The number of phenolic OH excluding ortho intramolecular Hbond substituents is 1. The van der Waals surface area contributed by atoms with Gasteiger partial charge in [-0.05, 0) is 25.1 Å². The number of aryl methyl sites for hydroxylation is 1. The zero-order chi connectivity index (χ0) is 16.4. The Labute approximate surface area is 134 Å². The van der Waals surface area contributed by atoms with Crippen molar-refractivity contribution in [3.63, 3.8) is 0 Å². The van der Waals surface area contributed by atoms with E-state index in [1.54, 1.807) is 32.4 Å². The zero-order valence-electron chi connectivity index (χ0n) is 13.2. The van der Waals surface area contributed by atoms with Crippen LogP contribution in [0.1, 0.15) is 5.69 Å². The zero-order valence-corrected chi connectivity index (χ0v) is 13.2. The van der Waals surface area contributed by atoms with Crippen molar-refractivity contribution in [2.45, 2.75) is 6.92 Å². The van der Waals surface area contributed by atoms with Crippen LogP contribution in [-0.4, -0.2) is 24.5 Å². The summed E-state index contributed by atoms with van der Waals surface area (Å²) < 4.78 is 16.0. The molecule has 0 unspecified atom stereocenters. The Bertz CT molecular complexity index is 839. The van der Waals surface area contributed by atoms with Crippen molar-refractivity contribution in [2.75, 3.05) is 14.2 Å². The molecule has 0 atom stereocenters. The number of ether oxygens (including phenoxy) is 2. The van der Waals surface area contributed by atoms with E-state index < -0.39 is 0 Å². The van der Waals surface area contributed by atoms with Crippen molar-refractivity contribution in [2.24, 2.45) is 0 Å². The lowest BCUT2D eigenvalue weighted by Crippen LogP contribution is -1.90. The van der Waals surface area contributed by atoms with Crippen LogP contribution < -0.4 is 9.47 Å². The van der Waals surface area contributed by atoms with Crippen LogP contribution in [0, 0.1) is 6.92 Å². The van der Waals surface area contributed by atoms with Crippen LogP contribution in [0.3, 0.4) is 0 Å². The van der Waals surface area contributed by atoms with Crippen LogP contribution in [0.2, 0.25) is 0 Å². The predicted molar refractivity (Wildman–Crippen MR) is 86.9 cm³/mol. The molecule has 0 spiro atoms. The van der Waals surface area contributed by atoms with Gasteiger partial charge in [0, 0.05) is 11.6 Å². The molecule has 1 aromatic heterocycles. The predicted octanol–water partition coefficient (Wildman–Crippen LogP) is 4.04. The first-order valence-electron chi connectivity index (χ1n) is 7.12. The van der Waals surface area contributed by atoms with Gasteiger partial charge in [-0.1, -0.05) is 23.4 Å². The van der Waals surface area contributed by atoms with E-state index in [4.69, 9.17) is 14.0 Å². The van der Waals surface area contributed by atoms with E-state index in [9.17, 15) is 5.11 Å². The van der Waals surface area contributed by atoms with Crippen LogP contribution >= 0.6 is 0 Å². The van der Waals surface area contributed by atoms with Crippen molar-refractivity contribution in [3.05, 3.63) is 48.2 Å². The summed E-state index contributed by atoms with van der Waals surface area (Å²) in [5, 5.41) is 14.3. The van der Waals surface area contributed by atoms with Crippen molar-refractivity contribution < 1.29 is 19.1 Å². The first-order valence-corrected chi connectivity index (χ1v) is 7.12. The van der Waals surface area contributed by atoms with E-state index in [-0.39, 0.29) is 5.75 Å². The first-order chi connectivity index (χ1) is 11.2. The molecule has 2 aromatic carbocycles. The Kier molecular flexibility index (Phi) is 3.93. The number of hydrogen-bond donors (Lipinski definition) is 1. The van der Waals surface area contributed by atoms with Crippen molar-refractivity contribution in [3.8, 4) is 39.7 Å². The Morgan fingerprint density at radius 1 is 1.00 bits per heavy atom. The molecule has 1 heterocycles. The van der Waals surface area contributed by atoms with E-state index >= 15 is 0 Å². The van der Waals surface area contributed by atoms with Crippen molar-refractivity contribution >= 4 is 0 Å². The number of benzene rings is 2. The van der Waals surface area contributed by atoms with E-state index in [2.05, 4.69) is 5.16 Å². The molecule has 23 heavy (non-hydrogen) atoms. The summed E-state index contributed by atoms with van der Waals surface area (Å²) >= 11 is 0. The summed E-state index contributed by atoms with van der Waals surface area (Å²) in [7, 11) is 3.17. The van der Waals surface area contributed by atoms with E-state index in [0.717, 1.165) is 16.8 Å². The third kappa shape index (κ3) is 2.61. The molecule has 1 N–H and O–H groups in total. The second kappa shape index (κ2) is 6.04. The molecule has 0 saturated heterocycles. The second-order valence-electron chi connectivity index (χ2n) is 5.06. The summed E-state index contributed by atoms with van der Waals surface area (Å²) in [5.41, 5.74) is 2.92. The largest absolute Gasteiger partial charge is 0.507 e. The molecule has 5 heteroatoms. The Hall–Kier alpha value is -2.95. The van der Waals surface area contributed by atoms with Crippen LogP contribution in [0.4, 0.5) is 0 Å². The summed E-state index contributed by atoms with van der Waals surface area (Å²) in [6.45, 7) is 1.86. The van der Waals surface area contributed by atoms with Crippen molar-refractivity contribution in [1.29, 1.82) is 0 Å². The van der Waals surface area contributed by atoms with Crippen LogP contribution in [0.15, 0.2) is 47.0 Å². The molecular weight excluding hydrogens is 294 g/mol. The molecule has 5 nitrogen and oxygen atoms in total. The third-order valence-corrected chi connectivity index (χ3v) is 3.69. The minimum atomic E-state index is 0.0663. The van der Waals surface area contributed by atoms with Gasteiger partial charge in [0.1, 0.15) is 17.2 Å². The Balaban J connectivity index is 2.20. The third-order valence-electron chi connectivity index (χ3n) is 3.69. The number of hydrogen-bond acceptors (Lipinski definition) is 5. The molecule has 0 aliphatic heterocycles. The minimum Gasteiger partial charge on any atom is -0.507 e. The van der Waals surface area contributed by atoms with Crippen LogP contribution in [0.5, 0.6) is 17.2 Å². The average molecular weight is 311 g/mol. The summed E-state index contributed by atoms with van der Waals surface area (Å²) in [6, 6.07) is 12.7. The molecule has 0 radical (unpaired) electrons. The normalized spacial score (nSPS) is 10.6. The van der Waals surface area contributed by atoms with E-state index in [0.29, 0.717) is 22.8 Å². The molecule has 3 aromatic rings. The highest BCUT2D eigenvalue weighted by atomic mass is 16.5. The fourth-order valence-corrected chi connectivity index (χ4v) is 2.55. The fourth-order valence-electron chi connectivity index (χ4n) is 2.55. The number of aromatic hydroxyl groups is 1. The van der Waals surface area contributed by atoms with Crippen LogP contribution in [0.25, 0.3) is 22.5 Å². The SMILES string of the molecule is COc1ccc(-c2onc(C)c2-c2ccccc2OC)c(O)c1. The summed E-state index contributed by atoms with van der Waals surface area (Å²) in [5.74, 6) is 1.85. The lowest BCUT2D eigenvalue weighted by molar-refractivity contribution is 0.405. The van der Waals surface area contributed by atoms with Crippen molar-refractivity contribution in [1.82, 2.24) is 5.16 Å². The van der Waals surface area contributed by atoms with Gasteiger partial charge in [-0.15, -0.1) is 0 Å². The first kappa shape index (κ1) is 15.0. The highest BCUT2D eigenvalue weighted by Crippen LogP contribution is 2.42. The molecule has 0 saturated carbocycles. The molecule has 0 bridgehead atoms. The Morgan fingerprint density at radius 2 is 1.78 bits per heavy atom. The minimum absolute atomic E-state index is 0.0663. The van der Waals surface area contributed by atoms with Gasteiger partial charge in [0.15, 0.2) is 5.76 Å². The quantitative estimate of drug-likeness (QED) is 0.787. The maximum atomic E-state index is 10.3. The average Bonchev–Trinajstić information content (AvgIpc) is 2.95. The number of rotatable bonds is 4. The Morgan fingerprint density at radius 3 is 2.48 bits per heavy atom. The summed E-state index contributed by atoms with van der Waals surface area (Å²) in [4.78, 5) is 0. The topological polar surface area (TPSA) is 64.7 Å². The van der Waals surface area contributed by atoms with Gasteiger partial charge >= 0.3 is 0 Å². The molecule has 0 aliphatic carbocycles. The molecule has 0 aliphatic rings. The maximum Gasteiger partial charge on any atom is 0.178 e. The van der Waals surface area contributed by atoms with Gasteiger partial charge in [0.05, 0.1) is 31.0 Å². The monoisotopic (exact) mass is 311 g/mol. The number of para-hydroxylation sites is 1. The van der Waals surface area contributed by atoms with Gasteiger partial charge in [0.25, 0.3) is 0 Å². The van der Waals surface area contributed by atoms with E-state index in [1.165, 1.54) is 0 Å². The number of methoxy groups -OCH3 is 2.